The Morgan fingerprint density at radius 3 is 2.00 bits per heavy atom. The highest BCUT2D eigenvalue weighted by Gasteiger charge is 2.16. The molecule has 1 aromatic rings. The molecule has 0 aliphatic rings. The highest BCUT2D eigenvalue weighted by molar-refractivity contribution is 5.85. The van der Waals surface area contributed by atoms with Crippen molar-refractivity contribution >= 4 is 12.4 Å². The second-order valence-corrected chi connectivity index (χ2v) is 2.55. The van der Waals surface area contributed by atoms with Crippen molar-refractivity contribution in [3.05, 3.63) is 35.1 Å². The van der Waals surface area contributed by atoms with Crippen molar-refractivity contribution in [2.24, 2.45) is 5.73 Å². The minimum absolute atomic E-state index is 0. The number of nitrogens with two attached hydrogens (primary N) is 1. The third-order valence-corrected chi connectivity index (χ3v) is 1.53. The van der Waals surface area contributed by atoms with Crippen LogP contribution in [0, 0.1) is 17.5 Å². The summed E-state index contributed by atoms with van der Waals surface area (Å²) in [5.41, 5.74) is 4.83. The first kappa shape index (κ1) is 12.3. The van der Waals surface area contributed by atoms with E-state index >= 15 is 0 Å². The van der Waals surface area contributed by atoms with Crippen LogP contribution in [0.4, 0.5) is 13.2 Å². The molecule has 0 aliphatic heterocycles. The van der Waals surface area contributed by atoms with E-state index in [0.717, 1.165) is 12.1 Å². The predicted molar refractivity (Wildman–Crippen MR) is 46.2 cm³/mol. The molecule has 0 radical (unpaired) electrons. The summed E-state index contributed by atoms with van der Waals surface area (Å²) in [6.45, 7) is 1.39. The van der Waals surface area contributed by atoms with Gasteiger partial charge in [-0.1, -0.05) is 0 Å². The maximum Gasteiger partial charge on any atom is 0.166 e. The van der Waals surface area contributed by atoms with Gasteiger partial charge in [-0.15, -0.1) is 12.4 Å². The van der Waals surface area contributed by atoms with Gasteiger partial charge in [0.25, 0.3) is 0 Å². The topological polar surface area (TPSA) is 26.0 Å². The molecule has 1 rings (SSSR count). The Kier molecular flexibility index (Phi) is 4.23. The van der Waals surface area contributed by atoms with Crippen molar-refractivity contribution in [1.82, 2.24) is 0 Å². The number of hydrogen-bond acceptors (Lipinski definition) is 1. The molecule has 0 fully saturated rings. The molecule has 0 saturated heterocycles. The summed E-state index contributed by atoms with van der Waals surface area (Å²) in [6.07, 6.45) is 0. The summed E-state index contributed by atoms with van der Waals surface area (Å²) < 4.78 is 38.1. The lowest BCUT2D eigenvalue weighted by Crippen LogP contribution is -2.11. The highest BCUT2D eigenvalue weighted by atomic mass is 35.5. The largest absolute Gasteiger partial charge is 0.324 e. The number of rotatable bonds is 1. The highest BCUT2D eigenvalue weighted by Crippen LogP contribution is 2.20. The second kappa shape index (κ2) is 4.48. The summed E-state index contributed by atoms with van der Waals surface area (Å²) >= 11 is 0. The molecular weight excluding hydrogens is 203 g/mol. The molecule has 1 atom stereocenters. The van der Waals surface area contributed by atoms with Crippen molar-refractivity contribution in [3.8, 4) is 0 Å². The zero-order valence-corrected chi connectivity index (χ0v) is 7.67. The average Bonchev–Trinajstić information content (AvgIpc) is 1.97. The van der Waals surface area contributed by atoms with E-state index in [1.54, 1.807) is 0 Å². The van der Waals surface area contributed by atoms with Crippen LogP contribution in [0.2, 0.25) is 0 Å². The van der Waals surface area contributed by atoms with E-state index in [9.17, 15) is 13.2 Å². The molecule has 13 heavy (non-hydrogen) atoms. The first-order valence-electron chi connectivity index (χ1n) is 3.43. The number of halogens is 4. The second-order valence-electron chi connectivity index (χ2n) is 2.55. The third kappa shape index (κ3) is 2.35. The number of hydrogen-bond donors (Lipinski definition) is 1. The third-order valence-electron chi connectivity index (χ3n) is 1.53. The maximum absolute atomic E-state index is 12.8. The van der Waals surface area contributed by atoms with Gasteiger partial charge in [-0.05, 0) is 19.1 Å². The van der Waals surface area contributed by atoms with Crippen LogP contribution in [-0.4, -0.2) is 0 Å². The molecule has 74 valence electrons. The van der Waals surface area contributed by atoms with E-state index in [2.05, 4.69) is 0 Å². The van der Waals surface area contributed by atoms with Crippen molar-refractivity contribution in [3.63, 3.8) is 0 Å². The van der Waals surface area contributed by atoms with E-state index in [1.807, 2.05) is 0 Å². The molecule has 0 aromatic heterocycles. The minimum Gasteiger partial charge on any atom is -0.324 e. The lowest BCUT2D eigenvalue weighted by atomic mass is 10.1. The van der Waals surface area contributed by atoms with Gasteiger partial charge in [0, 0.05) is 11.6 Å². The molecule has 0 saturated carbocycles. The van der Waals surface area contributed by atoms with Crippen molar-refractivity contribution in [2.45, 2.75) is 13.0 Å². The van der Waals surface area contributed by atoms with Crippen LogP contribution in [0.15, 0.2) is 12.1 Å². The van der Waals surface area contributed by atoms with Crippen molar-refractivity contribution in [1.29, 1.82) is 0 Å². The molecule has 0 amide bonds. The minimum atomic E-state index is -1.20. The fourth-order valence-corrected chi connectivity index (χ4v) is 0.960. The van der Waals surface area contributed by atoms with Gasteiger partial charge >= 0.3 is 0 Å². The van der Waals surface area contributed by atoms with E-state index in [4.69, 9.17) is 5.73 Å². The summed E-state index contributed by atoms with van der Waals surface area (Å²) in [5.74, 6) is -3.10. The van der Waals surface area contributed by atoms with Crippen molar-refractivity contribution < 1.29 is 13.2 Å². The van der Waals surface area contributed by atoms with E-state index in [-0.39, 0.29) is 12.4 Å². The van der Waals surface area contributed by atoms with Gasteiger partial charge in [-0.2, -0.15) is 0 Å². The van der Waals surface area contributed by atoms with Gasteiger partial charge < -0.3 is 5.73 Å². The Hall–Kier alpha value is -0.740. The smallest absolute Gasteiger partial charge is 0.166 e. The van der Waals surface area contributed by atoms with Gasteiger partial charge in [0.1, 0.15) is 5.82 Å². The van der Waals surface area contributed by atoms with Crippen molar-refractivity contribution in [2.75, 3.05) is 0 Å². The van der Waals surface area contributed by atoms with Crippen LogP contribution in [0.1, 0.15) is 18.5 Å². The summed E-state index contributed by atoms with van der Waals surface area (Å²) in [4.78, 5) is 0. The van der Waals surface area contributed by atoms with Crippen LogP contribution in [0.5, 0.6) is 0 Å². The normalized spacial score (nSPS) is 12.1. The molecule has 0 unspecified atom stereocenters. The van der Waals surface area contributed by atoms with Crippen LogP contribution in [0.3, 0.4) is 0 Å². The Labute approximate surface area is 80.2 Å². The molecule has 0 aliphatic carbocycles. The van der Waals surface area contributed by atoms with Gasteiger partial charge in [0.15, 0.2) is 11.6 Å². The molecule has 2 N–H and O–H groups in total. The molecule has 0 bridgehead atoms. The Morgan fingerprint density at radius 2 is 1.62 bits per heavy atom. The summed E-state index contributed by atoms with van der Waals surface area (Å²) in [6, 6.07) is 0.744. The van der Waals surface area contributed by atoms with E-state index in [1.165, 1.54) is 6.92 Å². The van der Waals surface area contributed by atoms with Crippen LogP contribution < -0.4 is 5.73 Å². The first-order chi connectivity index (χ1) is 5.54. The molecular formula is C8H9ClF3N. The quantitative estimate of drug-likeness (QED) is 0.710. The Bertz CT molecular complexity index is 302. The van der Waals surface area contributed by atoms with Crippen LogP contribution in [-0.2, 0) is 0 Å². The monoisotopic (exact) mass is 211 g/mol. The Morgan fingerprint density at radius 1 is 1.15 bits per heavy atom. The lowest BCUT2D eigenvalue weighted by molar-refractivity contribution is 0.470. The van der Waals surface area contributed by atoms with Crippen LogP contribution >= 0.6 is 12.4 Å². The van der Waals surface area contributed by atoms with E-state index < -0.39 is 29.1 Å². The van der Waals surface area contributed by atoms with Gasteiger partial charge in [0.2, 0.25) is 0 Å². The summed E-state index contributed by atoms with van der Waals surface area (Å²) in [5, 5.41) is 0. The summed E-state index contributed by atoms with van der Waals surface area (Å²) in [7, 11) is 0. The van der Waals surface area contributed by atoms with E-state index in [0.29, 0.717) is 0 Å². The standard InChI is InChI=1S/C8H8F3N.ClH/c1-4(12)7-5(9)2-3-6(10)8(7)11;/h2-4H,12H2,1H3;1H/t4-;/m1./s1. The fourth-order valence-electron chi connectivity index (χ4n) is 0.960. The first-order valence-corrected chi connectivity index (χ1v) is 3.43. The van der Waals surface area contributed by atoms with Gasteiger partial charge in [-0.25, -0.2) is 13.2 Å². The lowest BCUT2D eigenvalue weighted by Gasteiger charge is -2.08. The molecule has 1 nitrogen and oxygen atoms in total. The molecule has 1 aromatic carbocycles. The zero-order valence-electron chi connectivity index (χ0n) is 6.85. The molecule has 0 spiro atoms. The molecule has 5 heteroatoms. The number of benzene rings is 1. The fraction of sp³-hybridized carbons (Fsp3) is 0.250. The van der Waals surface area contributed by atoms with Gasteiger partial charge in [0.05, 0.1) is 0 Å². The maximum atomic E-state index is 12.8. The molecule has 0 heterocycles. The van der Waals surface area contributed by atoms with Crippen LogP contribution in [0.25, 0.3) is 0 Å². The SMILES string of the molecule is C[C@@H](N)c1c(F)ccc(F)c1F.Cl. The zero-order chi connectivity index (χ0) is 9.30. The predicted octanol–water partition coefficient (Wildman–Crippen LogP) is 2.55. The average molecular weight is 212 g/mol. The van der Waals surface area contributed by atoms with Gasteiger partial charge in [-0.3, -0.25) is 0 Å². The Balaban J connectivity index is 0.00000144.